The van der Waals surface area contributed by atoms with Crippen LogP contribution >= 0.6 is 0 Å². The number of aromatic nitrogens is 2. The molecule has 0 saturated heterocycles. The lowest BCUT2D eigenvalue weighted by molar-refractivity contribution is -0.149. The van der Waals surface area contributed by atoms with E-state index in [9.17, 15) is 14.4 Å². The van der Waals surface area contributed by atoms with Crippen molar-refractivity contribution in [2.75, 3.05) is 6.54 Å². The molecular weight excluding hydrogens is 444 g/mol. The highest BCUT2D eigenvalue weighted by Crippen LogP contribution is 2.21. The van der Waals surface area contributed by atoms with Crippen molar-refractivity contribution in [3.8, 4) is 0 Å². The molecule has 0 spiro atoms. The first kappa shape index (κ1) is 25.4. The number of hydrogen-bond acceptors (Lipinski definition) is 5. The maximum Gasteiger partial charge on any atom is 0.328 e. The summed E-state index contributed by atoms with van der Waals surface area (Å²) in [5, 5.41) is 7.55. The summed E-state index contributed by atoms with van der Waals surface area (Å²) in [7, 11) is 0. The first-order valence-electron chi connectivity index (χ1n) is 11.5. The zero-order valence-electron chi connectivity index (χ0n) is 19.9. The summed E-state index contributed by atoms with van der Waals surface area (Å²) in [5.74, 6) is -1.03. The van der Waals surface area contributed by atoms with Crippen LogP contribution in [-0.4, -0.2) is 40.3 Å². The number of carbonyl (C=O) groups is 3. The average molecular weight is 475 g/mol. The number of amides is 2. The molecular formula is C27H30N4O4. The molecule has 2 heterocycles. The molecule has 0 aliphatic heterocycles. The molecule has 3 N–H and O–H groups in total. The Labute approximate surface area is 204 Å². The fraction of sp³-hybridized carbons (Fsp3) is 0.259. The molecule has 2 aromatic carbocycles. The molecule has 4 aromatic rings. The van der Waals surface area contributed by atoms with Crippen LogP contribution in [0.25, 0.3) is 21.8 Å². The molecule has 4 rings (SSSR count). The van der Waals surface area contributed by atoms with Gasteiger partial charge < -0.3 is 20.4 Å². The Morgan fingerprint density at radius 2 is 1.83 bits per heavy atom. The van der Waals surface area contributed by atoms with E-state index < -0.39 is 12.0 Å². The number of esters is 1. The number of ether oxygens (including phenoxy) is 1. The molecule has 35 heavy (non-hydrogen) atoms. The lowest BCUT2D eigenvalue weighted by Gasteiger charge is -2.16. The summed E-state index contributed by atoms with van der Waals surface area (Å²) in [4.78, 5) is 42.2. The summed E-state index contributed by atoms with van der Waals surface area (Å²) in [6, 6.07) is 18.7. The Morgan fingerprint density at radius 1 is 1.03 bits per heavy atom. The number of pyridine rings is 1. The van der Waals surface area contributed by atoms with E-state index in [4.69, 9.17) is 4.74 Å². The largest absolute Gasteiger partial charge is 0.459 e. The van der Waals surface area contributed by atoms with Gasteiger partial charge in [-0.05, 0) is 43.2 Å². The van der Waals surface area contributed by atoms with Gasteiger partial charge in [-0.15, -0.1) is 0 Å². The second-order valence-corrected chi connectivity index (χ2v) is 7.92. The molecule has 0 fully saturated rings. The number of hydrogen-bond donors (Lipinski definition) is 3. The van der Waals surface area contributed by atoms with Gasteiger partial charge in [0.25, 0.3) is 0 Å². The monoisotopic (exact) mass is 474 g/mol. The van der Waals surface area contributed by atoms with Gasteiger partial charge in [0.05, 0.1) is 5.52 Å². The zero-order chi connectivity index (χ0) is 25.0. The number of nitrogens with zero attached hydrogens (tertiary/aromatic N) is 1. The molecule has 8 nitrogen and oxygen atoms in total. The van der Waals surface area contributed by atoms with Gasteiger partial charge >= 0.3 is 5.97 Å². The van der Waals surface area contributed by atoms with E-state index in [-0.39, 0.29) is 31.3 Å². The third kappa shape index (κ3) is 7.67. The number of H-pyrrole nitrogens is 1. The number of rotatable bonds is 8. The standard InChI is InChI=1S/C16H22N2O4.C11H8N2/c1-3-17-15(20)10-9-14(18-12(2)19)16(21)22-11-13-7-5-4-6-8-13;1-2-9-10(12-6-1)4-3-8-5-7-13-11(8)9/h4-8,14H,3,9-11H2,1-2H3,(H,17,20)(H,18,19);1-7,12H. The second-order valence-electron chi connectivity index (χ2n) is 7.92. The smallest absolute Gasteiger partial charge is 0.328 e. The maximum absolute atomic E-state index is 12.1. The SMILES string of the molecule is CCNC(=O)CCC(NC(C)=O)C(=O)OCc1ccccc1.c1c[nH]c2ccc3ccnc3c2c1. The molecule has 0 aliphatic rings. The number of fused-ring (bicyclic) bond motifs is 3. The number of nitrogens with one attached hydrogen (secondary N) is 3. The average Bonchev–Trinajstić information content (AvgIpc) is 3.36. The third-order valence-electron chi connectivity index (χ3n) is 5.22. The predicted molar refractivity (Wildman–Crippen MR) is 135 cm³/mol. The van der Waals surface area contributed by atoms with Gasteiger partial charge in [0, 0.05) is 48.6 Å². The quantitative estimate of drug-likeness (QED) is 0.336. The van der Waals surface area contributed by atoms with Crippen molar-refractivity contribution in [3.05, 3.63) is 78.6 Å². The minimum absolute atomic E-state index is 0.136. The third-order valence-corrected chi connectivity index (χ3v) is 5.22. The number of benzene rings is 2. The first-order chi connectivity index (χ1) is 17.0. The molecule has 0 aliphatic carbocycles. The lowest BCUT2D eigenvalue weighted by atomic mass is 10.1. The highest BCUT2D eigenvalue weighted by Gasteiger charge is 2.22. The Kier molecular flexibility index (Phi) is 9.36. The highest BCUT2D eigenvalue weighted by atomic mass is 16.5. The van der Waals surface area contributed by atoms with E-state index >= 15 is 0 Å². The molecule has 1 unspecified atom stereocenters. The minimum atomic E-state index is -0.816. The van der Waals surface area contributed by atoms with Crippen LogP contribution in [0.1, 0.15) is 32.3 Å². The van der Waals surface area contributed by atoms with Crippen LogP contribution in [0.3, 0.4) is 0 Å². The van der Waals surface area contributed by atoms with Crippen molar-refractivity contribution in [1.29, 1.82) is 0 Å². The molecule has 2 aromatic heterocycles. The molecule has 1 atom stereocenters. The lowest BCUT2D eigenvalue weighted by Crippen LogP contribution is -2.41. The first-order valence-corrected chi connectivity index (χ1v) is 11.5. The van der Waals surface area contributed by atoms with Crippen LogP contribution in [0, 0.1) is 0 Å². The van der Waals surface area contributed by atoms with E-state index in [1.165, 1.54) is 17.7 Å². The van der Waals surface area contributed by atoms with Gasteiger partial charge in [0.1, 0.15) is 12.6 Å². The fourth-order valence-corrected chi connectivity index (χ4v) is 3.56. The van der Waals surface area contributed by atoms with Crippen molar-refractivity contribution in [2.45, 2.75) is 39.3 Å². The molecule has 182 valence electrons. The predicted octanol–water partition coefficient (Wildman–Crippen LogP) is 3.87. The van der Waals surface area contributed by atoms with Gasteiger partial charge in [0.2, 0.25) is 11.8 Å². The van der Waals surface area contributed by atoms with Crippen LogP contribution in [-0.2, 0) is 25.7 Å². The van der Waals surface area contributed by atoms with Crippen LogP contribution in [0.4, 0.5) is 0 Å². The summed E-state index contributed by atoms with van der Waals surface area (Å²) in [6.45, 7) is 3.81. The van der Waals surface area contributed by atoms with Crippen molar-refractivity contribution in [3.63, 3.8) is 0 Å². The normalized spacial score (nSPS) is 11.3. The van der Waals surface area contributed by atoms with Gasteiger partial charge in [0.15, 0.2) is 0 Å². The molecule has 0 radical (unpaired) electrons. The fourth-order valence-electron chi connectivity index (χ4n) is 3.56. The van der Waals surface area contributed by atoms with Crippen LogP contribution < -0.4 is 10.6 Å². The zero-order valence-corrected chi connectivity index (χ0v) is 19.9. The Bertz CT molecular complexity index is 1270. The summed E-state index contributed by atoms with van der Waals surface area (Å²) < 4.78 is 5.20. The molecule has 8 heteroatoms. The van der Waals surface area contributed by atoms with E-state index in [1.807, 2.05) is 61.8 Å². The number of carbonyl (C=O) groups excluding carboxylic acids is 3. The van der Waals surface area contributed by atoms with Crippen LogP contribution in [0.15, 0.2) is 73.1 Å². The highest BCUT2D eigenvalue weighted by molar-refractivity contribution is 6.03. The van der Waals surface area contributed by atoms with Crippen molar-refractivity contribution in [2.24, 2.45) is 0 Å². The Balaban J connectivity index is 0.000000220. The van der Waals surface area contributed by atoms with Crippen molar-refractivity contribution >= 4 is 39.6 Å². The van der Waals surface area contributed by atoms with E-state index in [0.29, 0.717) is 6.54 Å². The van der Waals surface area contributed by atoms with E-state index in [1.54, 1.807) is 0 Å². The minimum Gasteiger partial charge on any atom is -0.459 e. The Hall–Kier alpha value is -4.20. The van der Waals surface area contributed by atoms with Crippen LogP contribution in [0.2, 0.25) is 0 Å². The molecule has 0 bridgehead atoms. The maximum atomic E-state index is 12.1. The van der Waals surface area contributed by atoms with Gasteiger partial charge in [-0.3, -0.25) is 14.6 Å². The summed E-state index contributed by atoms with van der Waals surface area (Å²) >= 11 is 0. The van der Waals surface area contributed by atoms with Gasteiger partial charge in [-0.25, -0.2) is 4.79 Å². The van der Waals surface area contributed by atoms with Gasteiger partial charge in [-0.1, -0.05) is 36.4 Å². The summed E-state index contributed by atoms with van der Waals surface area (Å²) in [6.07, 6.45) is 4.13. The van der Waals surface area contributed by atoms with Crippen LogP contribution in [0.5, 0.6) is 0 Å². The van der Waals surface area contributed by atoms with E-state index in [2.05, 4.69) is 38.8 Å². The molecule has 0 saturated carbocycles. The topological polar surface area (TPSA) is 113 Å². The second kappa shape index (κ2) is 12.9. The number of aromatic amines is 1. The summed E-state index contributed by atoms with van der Waals surface area (Å²) in [5.41, 5.74) is 3.07. The molecule has 2 amide bonds. The Morgan fingerprint density at radius 3 is 2.57 bits per heavy atom. The van der Waals surface area contributed by atoms with Crippen molar-refractivity contribution in [1.82, 2.24) is 20.6 Å². The van der Waals surface area contributed by atoms with Crippen molar-refractivity contribution < 1.29 is 19.1 Å². The van der Waals surface area contributed by atoms with E-state index in [0.717, 1.165) is 16.6 Å². The van der Waals surface area contributed by atoms with Gasteiger partial charge in [-0.2, -0.15) is 0 Å².